The quantitative estimate of drug-likeness (QED) is 0.806. The van der Waals surface area contributed by atoms with E-state index in [1.54, 1.807) is 0 Å². The number of aryl methyl sites for hydroxylation is 1. The number of halogens is 2. The van der Waals surface area contributed by atoms with Crippen molar-refractivity contribution in [3.63, 3.8) is 0 Å². The third-order valence-corrected chi connectivity index (χ3v) is 3.55. The average Bonchev–Trinajstić information content (AvgIpc) is 2.66. The molecule has 0 amide bonds. The predicted molar refractivity (Wildman–Crippen MR) is 68.9 cm³/mol. The lowest BCUT2D eigenvalue weighted by molar-refractivity contribution is 0.583. The van der Waals surface area contributed by atoms with Gasteiger partial charge in [0, 0.05) is 23.7 Å². The second-order valence-electron chi connectivity index (χ2n) is 4.02. The second-order valence-corrected chi connectivity index (χ2v) is 4.86. The Kier molecular flexibility index (Phi) is 3.91. The van der Waals surface area contributed by atoms with Crippen LogP contribution in [-0.4, -0.2) is 4.57 Å². The summed E-state index contributed by atoms with van der Waals surface area (Å²) >= 11 is 1.46. The summed E-state index contributed by atoms with van der Waals surface area (Å²) in [6, 6.07) is 3.42. The van der Waals surface area contributed by atoms with Crippen molar-refractivity contribution in [2.75, 3.05) is 0 Å². The molecule has 0 spiro atoms. The molecule has 0 unspecified atom stereocenters. The first-order valence-electron chi connectivity index (χ1n) is 5.76. The lowest BCUT2D eigenvalue weighted by atomic mass is 10.3. The molecule has 2 rings (SSSR count). The fourth-order valence-electron chi connectivity index (χ4n) is 1.67. The maximum atomic E-state index is 13.5. The predicted octanol–water partition coefficient (Wildman–Crippen LogP) is 3.78. The van der Waals surface area contributed by atoms with Crippen LogP contribution in [0.4, 0.5) is 14.5 Å². The molecule has 0 fully saturated rings. The van der Waals surface area contributed by atoms with E-state index < -0.39 is 11.6 Å². The Bertz CT molecular complexity index is 614. The van der Waals surface area contributed by atoms with Crippen LogP contribution in [0.1, 0.15) is 19.0 Å². The summed E-state index contributed by atoms with van der Waals surface area (Å²) in [5.41, 5.74) is 1.27. The minimum absolute atomic E-state index is 0.170. The number of nitrogens with zero attached hydrogens (tertiary/aromatic N) is 2. The zero-order chi connectivity index (χ0) is 13.1. The van der Waals surface area contributed by atoms with Gasteiger partial charge in [-0.15, -0.1) is 11.3 Å². The van der Waals surface area contributed by atoms with Crippen LogP contribution in [0.15, 0.2) is 28.6 Å². The highest BCUT2D eigenvalue weighted by Gasteiger charge is 2.04. The molecule has 5 heteroatoms. The van der Waals surface area contributed by atoms with Gasteiger partial charge in [0.1, 0.15) is 11.5 Å². The smallest absolute Gasteiger partial charge is 0.190 e. The summed E-state index contributed by atoms with van der Waals surface area (Å²) in [6.07, 6.45) is 0.983. The van der Waals surface area contributed by atoms with Crippen molar-refractivity contribution in [3.8, 4) is 0 Å². The van der Waals surface area contributed by atoms with Crippen molar-refractivity contribution in [2.24, 2.45) is 4.99 Å². The third-order valence-electron chi connectivity index (χ3n) is 2.56. The van der Waals surface area contributed by atoms with Crippen molar-refractivity contribution in [1.82, 2.24) is 4.57 Å². The molecule has 0 radical (unpaired) electrons. The molecule has 0 bridgehead atoms. The van der Waals surface area contributed by atoms with E-state index in [1.807, 2.05) is 16.9 Å². The van der Waals surface area contributed by atoms with Gasteiger partial charge < -0.3 is 4.57 Å². The average molecular weight is 268 g/mol. The van der Waals surface area contributed by atoms with E-state index in [4.69, 9.17) is 0 Å². The molecular formula is C13H14F2N2S. The molecule has 1 aromatic carbocycles. The first-order valence-corrected chi connectivity index (χ1v) is 6.64. The van der Waals surface area contributed by atoms with Crippen LogP contribution in [0.2, 0.25) is 0 Å². The molecule has 0 saturated carbocycles. The molecule has 0 saturated heterocycles. The highest BCUT2D eigenvalue weighted by atomic mass is 32.1. The third kappa shape index (κ3) is 2.67. The fraction of sp³-hybridized carbons (Fsp3) is 0.308. The van der Waals surface area contributed by atoms with Gasteiger partial charge in [-0.05, 0) is 25.5 Å². The second kappa shape index (κ2) is 5.44. The van der Waals surface area contributed by atoms with Crippen LogP contribution in [-0.2, 0) is 6.54 Å². The van der Waals surface area contributed by atoms with Crippen molar-refractivity contribution in [2.45, 2.75) is 26.8 Å². The number of benzene rings is 1. The Morgan fingerprint density at radius 1 is 1.33 bits per heavy atom. The lowest BCUT2D eigenvalue weighted by Crippen LogP contribution is -2.15. The molecule has 1 heterocycles. The molecular weight excluding hydrogens is 254 g/mol. The molecule has 1 aromatic heterocycles. The number of aromatic nitrogens is 1. The molecule has 0 aliphatic carbocycles. The monoisotopic (exact) mass is 268 g/mol. The minimum atomic E-state index is -0.635. The molecule has 96 valence electrons. The van der Waals surface area contributed by atoms with Gasteiger partial charge in [-0.25, -0.2) is 13.8 Å². The van der Waals surface area contributed by atoms with Crippen LogP contribution >= 0.6 is 11.3 Å². The van der Waals surface area contributed by atoms with Gasteiger partial charge in [0.05, 0.1) is 0 Å². The van der Waals surface area contributed by atoms with Gasteiger partial charge in [-0.2, -0.15) is 0 Å². The first-order chi connectivity index (χ1) is 8.61. The van der Waals surface area contributed by atoms with Gasteiger partial charge in [0.2, 0.25) is 0 Å². The van der Waals surface area contributed by atoms with E-state index in [-0.39, 0.29) is 5.69 Å². The number of rotatable bonds is 3. The molecule has 0 aliphatic rings. The van der Waals surface area contributed by atoms with Crippen molar-refractivity contribution in [3.05, 3.63) is 45.7 Å². The fourth-order valence-corrected chi connectivity index (χ4v) is 2.59. The van der Waals surface area contributed by atoms with Gasteiger partial charge >= 0.3 is 0 Å². The van der Waals surface area contributed by atoms with E-state index in [0.29, 0.717) is 0 Å². The summed E-state index contributed by atoms with van der Waals surface area (Å²) in [5.74, 6) is -1.22. The van der Waals surface area contributed by atoms with Gasteiger partial charge in [0.15, 0.2) is 10.6 Å². The molecule has 0 N–H and O–H groups in total. The number of hydrogen-bond acceptors (Lipinski definition) is 2. The number of hydrogen-bond donors (Lipinski definition) is 0. The molecule has 2 aromatic rings. The zero-order valence-corrected chi connectivity index (χ0v) is 11.1. The van der Waals surface area contributed by atoms with Gasteiger partial charge in [-0.3, -0.25) is 0 Å². The highest BCUT2D eigenvalue weighted by Crippen LogP contribution is 2.18. The lowest BCUT2D eigenvalue weighted by Gasteiger charge is -2.03. The summed E-state index contributed by atoms with van der Waals surface area (Å²) in [5, 5.41) is 1.98. The van der Waals surface area contributed by atoms with Crippen molar-refractivity contribution >= 4 is 17.0 Å². The van der Waals surface area contributed by atoms with E-state index in [2.05, 4.69) is 11.9 Å². The van der Waals surface area contributed by atoms with Crippen molar-refractivity contribution < 1.29 is 8.78 Å². The van der Waals surface area contributed by atoms with Crippen LogP contribution in [0, 0.1) is 18.6 Å². The Hall–Kier alpha value is -1.49. The van der Waals surface area contributed by atoms with E-state index in [1.165, 1.54) is 23.5 Å². The van der Waals surface area contributed by atoms with E-state index in [0.717, 1.165) is 29.5 Å². The summed E-state index contributed by atoms with van der Waals surface area (Å²) in [4.78, 5) is 5.00. The summed E-state index contributed by atoms with van der Waals surface area (Å²) in [7, 11) is 0. The Balaban J connectivity index is 2.50. The van der Waals surface area contributed by atoms with Crippen LogP contribution < -0.4 is 4.80 Å². The molecule has 18 heavy (non-hydrogen) atoms. The van der Waals surface area contributed by atoms with Crippen LogP contribution in [0.3, 0.4) is 0 Å². The summed E-state index contributed by atoms with van der Waals surface area (Å²) < 4.78 is 28.4. The van der Waals surface area contributed by atoms with Crippen molar-refractivity contribution in [1.29, 1.82) is 0 Å². The zero-order valence-electron chi connectivity index (χ0n) is 10.3. The number of thiazole rings is 1. The molecule has 2 nitrogen and oxygen atoms in total. The Morgan fingerprint density at radius 3 is 2.78 bits per heavy atom. The largest absolute Gasteiger partial charge is 0.321 e. The molecule has 0 aliphatic heterocycles. The maximum Gasteiger partial charge on any atom is 0.190 e. The van der Waals surface area contributed by atoms with Crippen LogP contribution in [0.5, 0.6) is 0 Å². The maximum absolute atomic E-state index is 13.5. The SMILES string of the molecule is CCCn1c(C)csc1=Nc1ccc(F)cc1F. The summed E-state index contributed by atoms with van der Waals surface area (Å²) in [6.45, 7) is 4.91. The van der Waals surface area contributed by atoms with E-state index in [9.17, 15) is 8.78 Å². The highest BCUT2D eigenvalue weighted by molar-refractivity contribution is 7.07. The van der Waals surface area contributed by atoms with Gasteiger partial charge in [-0.1, -0.05) is 6.92 Å². The Morgan fingerprint density at radius 2 is 2.11 bits per heavy atom. The standard InChI is InChI=1S/C13H14F2N2S/c1-3-6-17-9(2)8-18-13(17)16-12-5-4-10(14)7-11(12)15/h4-5,7-8H,3,6H2,1-2H3. The van der Waals surface area contributed by atoms with Crippen LogP contribution in [0.25, 0.3) is 0 Å². The molecule has 0 atom stereocenters. The topological polar surface area (TPSA) is 17.3 Å². The first kappa shape index (κ1) is 13.0. The van der Waals surface area contributed by atoms with Gasteiger partial charge in [0.25, 0.3) is 0 Å². The van der Waals surface area contributed by atoms with E-state index >= 15 is 0 Å². The minimum Gasteiger partial charge on any atom is -0.321 e. The Labute approximate surface area is 108 Å². The normalized spacial score (nSPS) is 12.1.